The number of likely N-dealkylation sites (tertiary alicyclic amines) is 1. The predicted molar refractivity (Wildman–Crippen MR) is 111 cm³/mol. The molecule has 4 heterocycles. The summed E-state index contributed by atoms with van der Waals surface area (Å²) in [4.78, 5) is 6.64. The molecule has 0 radical (unpaired) electrons. The molecule has 2 atom stereocenters. The molecule has 0 bridgehead atoms. The molecule has 0 aliphatic carbocycles. The molecule has 8 heteroatoms. The molecular formula is C21H21N3O3S2. The number of pyridine rings is 1. The van der Waals surface area contributed by atoms with Crippen molar-refractivity contribution in [1.29, 1.82) is 0 Å². The Balaban J connectivity index is 1.52. The molecule has 2 aliphatic heterocycles. The van der Waals surface area contributed by atoms with Gasteiger partial charge >= 0.3 is 0 Å². The van der Waals surface area contributed by atoms with E-state index in [0.29, 0.717) is 19.6 Å². The molecule has 1 aromatic carbocycles. The Hall–Kier alpha value is -2.26. The minimum Gasteiger partial charge on any atom is -0.470 e. The van der Waals surface area contributed by atoms with Crippen LogP contribution in [-0.2, 0) is 23.1 Å². The van der Waals surface area contributed by atoms with Crippen LogP contribution in [0.3, 0.4) is 0 Å². The van der Waals surface area contributed by atoms with Crippen molar-refractivity contribution in [1.82, 2.24) is 14.2 Å². The van der Waals surface area contributed by atoms with Gasteiger partial charge < -0.3 is 4.74 Å². The van der Waals surface area contributed by atoms with Crippen LogP contribution in [0.5, 0.6) is 5.88 Å². The third-order valence-electron chi connectivity index (χ3n) is 5.44. The van der Waals surface area contributed by atoms with Crippen molar-refractivity contribution in [2.75, 3.05) is 13.1 Å². The summed E-state index contributed by atoms with van der Waals surface area (Å²) in [5, 5.41) is 4.19. The van der Waals surface area contributed by atoms with E-state index in [2.05, 4.69) is 26.7 Å². The second kappa shape index (κ2) is 7.53. The van der Waals surface area contributed by atoms with Gasteiger partial charge in [0.15, 0.2) is 0 Å². The molecular weight excluding hydrogens is 406 g/mol. The summed E-state index contributed by atoms with van der Waals surface area (Å²) in [7, 11) is -3.74. The molecule has 2 unspecified atom stereocenters. The topological polar surface area (TPSA) is 62.7 Å². The number of benzene rings is 1. The first-order valence-electron chi connectivity index (χ1n) is 9.52. The van der Waals surface area contributed by atoms with Crippen LogP contribution in [0, 0.1) is 0 Å². The fourth-order valence-corrected chi connectivity index (χ4v) is 6.43. The van der Waals surface area contributed by atoms with E-state index in [1.165, 1.54) is 5.56 Å². The number of ether oxygens (including phenoxy) is 1. The molecule has 29 heavy (non-hydrogen) atoms. The summed E-state index contributed by atoms with van der Waals surface area (Å²) in [5.74, 6) is 0.204. The zero-order valence-corrected chi connectivity index (χ0v) is 17.3. The predicted octanol–water partition coefficient (Wildman–Crippen LogP) is 2.98. The minimum atomic E-state index is -3.74. The van der Waals surface area contributed by atoms with Gasteiger partial charge in [-0.2, -0.15) is 15.6 Å². The Morgan fingerprint density at radius 1 is 1.03 bits per heavy atom. The summed E-state index contributed by atoms with van der Waals surface area (Å²) in [6.07, 6.45) is 1.32. The molecule has 2 aliphatic rings. The number of hydrogen-bond donors (Lipinski definition) is 0. The monoisotopic (exact) mass is 427 g/mol. The van der Waals surface area contributed by atoms with Gasteiger partial charge in [0.25, 0.3) is 0 Å². The minimum absolute atomic E-state index is 0.148. The number of aromatic nitrogens is 1. The number of sulfonamides is 1. The Morgan fingerprint density at radius 3 is 2.69 bits per heavy atom. The zero-order chi connectivity index (χ0) is 19.8. The van der Waals surface area contributed by atoms with Crippen molar-refractivity contribution >= 4 is 21.4 Å². The Bertz CT molecular complexity index is 1090. The maximum absolute atomic E-state index is 13.6. The molecule has 2 aromatic heterocycles. The number of fused-ring (bicyclic) bond motifs is 2. The van der Waals surface area contributed by atoms with Crippen LogP contribution >= 0.6 is 11.3 Å². The second-order valence-electron chi connectivity index (χ2n) is 7.39. The first-order valence-corrected chi connectivity index (χ1v) is 11.9. The summed E-state index contributed by atoms with van der Waals surface area (Å²) in [6, 6.07) is 14.8. The SMILES string of the molecule is O=S1(=O)c2cccnc2OC2CN(Cc3ccsc3)CC2N1Cc1ccccc1. The lowest BCUT2D eigenvalue weighted by atomic mass is 10.1. The number of rotatable bonds is 4. The molecule has 5 rings (SSSR count). The maximum atomic E-state index is 13.6. The molecule has 1 saturated heterocycles. The molecule has 150 valence electrons. The van der Waals surface area contributed by atoms with Crippen LogP contribution in [0.25, 0.3) is 0 Å². The van der Waals surface area contributed by atoms with Crippen molar-refractivity contribution in [3.8, 4) is 5.88 Å². The number of nitrogens with zero attached hydrogens (tertiary/aromatic N) is 3. The smallest absolute Gasteiger partial charge is 0.249 e. The number of thiophene rings is 1. The van der Waals surface area contributed by atoms with Crippen LogP contribution in [0.1, 0.15) is 11.1 Å². The van der Waals surface area contributed by atoms with Gasteiger partial charge in [0.1, 0.15) is 11.0 Å². The maximum Gasteiger partial charge on any atom is 0.249 e. The standard InChI is InChI=1S/C21H21N3O3S2/c25-29(26)20-7-4-9-22-21(20)27-19-14-23(11-17-8-10-28-15-17)13-18(19)24(29)12-16-5-2-1-3-6-16/h1-10,15,18-19H,11-14H2. The summed E-state index contributed by atoms with van der Waals surface area (Å²) >= 11 is 1.67. The van der Waals surface area contributed by atoms with Gasteiger partial charge in [0.2, 0.25) is 15.9 Å². The van der Waals surface area contributed by atoms with Crippen LogP contribution in [0.2, 0.25) is 0 Å². The molecule has 6 nitrogen and oxygen atoms in total. The highest BCUT2D eigenvalue weighted by molar-refractivity contribution is 7.89. The first kappa shape index (κ1) is 18.7. The fourth-order valence-electron chi connectivity index (χ4n) is 4.07. The Labute approximate surface area is 174 Å². The average Bonchev–Trinajstić information content (AvgIpc) is 3.36. The van der Waals surface area contributed by atoms with E-state index >= 15 is 0 Å². The summed E-state index contributed by atoms with van der Waals surface area (Å²) in [6.45, 7) is 2.39. The lowest BCUT2D eigenvalue weighted by Crippen LogP contribution is -2.46. The van der Waals surface area contributed by atoms with Crippen LogP contribution in [-0.4, -0.2) is 47.8 Å². The molecule has 0 N–H and O–H groups in total. The van der Waals surface area contributed by atoms with Crippen LogP contribution < -0.4 is 4.74 Å². The van der Waals surface area contributed by atoms with Gasteiger partial charge in [-0.05, 0) is 40.1 Å². The number of hydrogen-bond acceptors (Lipinski definition) is 6. The highest BCUT2D eigenvalue weighted by Gasteiger charge is 2.47. The molecule has 0 amide bonds. The fraction of sp³-hybridized carbons (Fsp3) is 0.286. The van der Waals surface area contributed by atoms with E-state index in [9.17, 15) is 8.42 Å². The van der Waals surface area contributed by atoms with E-state index < -0.39 is 10.0 Å². The van der Waals surface area contributed by atoms with Crippen molar-refractivity contribution in [2.24, 2.45) is 0 Å². The zero-order valence-electron chi connectivity index (χ0n) is 15.7. The highest BCUT2D eigenvalue weighted by Crippen LogP contribution is 2.36. The average molecular weight is 428 g/mol. The van der Waals surface area contributed by atoms with E-state index in [0.717, 1.165) is 12.1 Å². The van der Waals surface area contributed by atoms with E-state index in [4.69, 9.17) is 4.74 Å². The summed E-state index contributed by atoms with van der Waals surface area (Å²) < 4.78 is 34.9. The lowest BCUT2D eigenvalue weighted by molar-refractivity contribution is 0.144. The highest BCUT2D eigenvalue weighted by atomic mass is 32.2. The van der Waals surface area contributed by atoms with Gasteiger partial charge in [-0.3, -0.25) is 4.90 Å². The molecule has 3 aromatic rings. The largest absolute Gasteiger partial charge is 0.470 e. The van der Waals surface area contributed by atoms with Crippen LogP contribution in [0.15, 0.2) is 70.4 Å². The molecule has 1 fully saturated rings. The van der Waals surface area contributed by atoms with Crippen molar-refractivity contribution in [3.63, 3.8) is 0 Å². The van der Waals surface area contributed by atoms with Gasteiger partial charge in [-0.25, -0.2) is 13.4 Å². The quantitative estimate of drug-likeness (QED) is 0.641. The van der Waals surface area contributed by atoms with E-state index in [1.807, 2.05) is 30.3 Å². The van der Waals surface area contributed by atoms with Crippen molar-refractivity contribution in [2.45, 2.75) is 30.1 Å². The normalized spacial score (nSPS) is 23.7. The van der Waals surface area contributed by atoms with Crippen LogP contribution in [0.4, 0.5) is 0 Å². The van der Waals surface area contributed by atoms with Gasteiger partial charge in [-0.1, -0.05) is 30.3 Å². The van der Waals surface area contributed by atoms with E-state index in [-0.39, 0.29) is 22.9 Å². The Kier molecular flexibility index (Phi) is 4.87. The molecule has 0 saturated carbocycles. The van der Waals surface area contributed by atoms with Gasteiger partial charge in [0.05, 0.1) is 6.04 Å². The Morgan fingerprint density at radius 2 is 1.90 bits per heavy atom. The van der Waals surface area contributed by atoms with E-state index in [1.54, 1.807) is 34.0 Å². The third-order valence-corrected chi connectivity index (χ3v) is 8.05. The van der Waals surface area contributed by atoms with Gasteiger partial charge in [0, 0.05) is 32.4 Å². The lowest BCUT2D eigenvalue weighted by Gasteiger charge is -2.28. The van der Waals surface area contributed by atoms with Crippen molar-refractivity contribution in [3.05, 3.63) is 76.6 Å². The van der Waals surface area contributed by atoms with Gasteiger partial charge in [-0.15, -0.1) is 0 Å². The third kappa shape index (κ3) is 3.57. The first-order chi connectivity index (χ1) is 14.1. The summed E-state index contributed by atoms with van der Waals surface area (Å²) in [5.41, 5.74) is 2.20. The second-order valence-corrected chi connectivity index (χ2v) is 10.0. The van der Waals surface area contributed by atoms with Crippen molar-refractivity contribution < 1.29 is 13.2 Å². The molecule has 0 spiro atoms.